The van der Waals surface area contributed by atoms with E-state index in [-0.39, 0.29) is 5.56 Å². The minimum atomic E-state index is -0.755. The molecule has 3 N–H and O–H groups in total. The highest BCUT2D eigenvalue weighted by Crippen LogP contribution is 2.20. The third-order valence-electron chi connectivity index (χ3n) is 3.89. The molecule has 1 aromatic heterocycles. The average Bonchev–Trinajstić information content (AvgIpc) is 2.66. The molecule has 0 radical (unpaired) electrons. The van der Waals surface area contributed by atoms with Gasteiger partial charge in [0, 0.05) is 5.02 Å². The molecule has 1 heterocycles. The molecule has 0 fully saturated rings. The van der Waals surface area contributed by atoms with Gasteiger partial charge >= 0.3 is 5.69 Å². The third kappa shape index (κ3) is 3.93. The highest BCUT2D eigenvalue weighted by molar-refractivity contribution is 6.30. The molecule has 27 heavy (non-hydrogen) atoms. The highest BCUT2D eigenvalue weighted by atomic mass is 35.5. The van der Waals surface area contributed by atoms with E-state index >= 15 is 0 Å². The maximum Gasteiger partial charge on any atom is 0.335 e. The maximum atomic E-state index is 12.4. The van der Waals surface area contributed by atoms with Crippen LogP contribution in [0.25, 0.3) is 5.69 Å². The van der Waals surface area contributed by atoms with Gasteiger partial charge in [0.2, 0.25) is 5.88 Å². The lowest BCUT2D eigenvalue weighted by atomic mass is 10.1. The van der Waals surface area contributed by atoms with E-state index in [2.05, 4.69) is 15.5 Å². The van der Waals surface area contributed by atoms with Crippen LogP contribution in [0, 0.1) is 0 Å². The predicted molar refractivity (Wildman–Crippen MR) is 106 cm³/mol. The van der Waals surface area contributed by atoms with Crippen molar-refractivity contribution in [3.05, 3.63) is 86.0 Å². The number of hydrogen-bond donors (Lipinski definition) is 3. The molecule has 3 rings (SSSR count). The standard InChI is InChI=1S/C19H17ClN4O3/c1-2-15(23-22-13-6-4-3-5-7-13)16-17(25)21-19(27)24(18(16)26)14-10-8-12(20)9-11-14/h3-11,22,26H,2H2,1H3,(H,21,25,27). The van der Waals surface area contributed by atoms with Crippen molar-refractivity contribution in [2.45, 2.75) is 13.3 Å². The van der Waals surface area contributed by atoms with E-state index in [0.717, 1.165) is 10.3 Å². The van der Waals surface area contributed by atoms with Gasteiger partial charge in [0.15, 0.2) is 0 Å². The van der Waals surface area contributed by atoms with Gasteiger partial charge in [-0.05, 0) is 42.8 Å². The molecule has 0 aliphatic rings. The minimum Gasteiger partial charge on any atom is -0.493 e. The molecular weight excluding hydrogens is 368 g/mol. The van der Waals surface area contributed by atoms with Gasteiger partial charge in [-0.1, -0.05) is 36.7 Å². The summed E-state index contributed by atoms with van der Waals surface area (Å²) in [5.74, 6) is -0.485. The fourth-order valence-electron chi connectivity index (χ4n) is 2.57. The number of H-pyrrole nitrogens is 1. The zero-order valence-electron chi connectivity index (χ0n) is 14.4. The predicted octanol–water partition coefficient (Wildman–Crippen LogP) is 3.11. The number of nitrogens with one attached hydrogen (secondary N) is 2. The van der Waals surface area contributed by atoms with Gasteiger partial charge in [0.25, 0.3) is 5.56 Å². The summed E-state index contributed by atoms with van der Waals surface area (Å²) in [4.78, 5) is 26.8. The Hall–Kier alpha value is -3.32. The molecule has 0 aliphatic carbocycles. The Bertz CT molecular complexity index is 1090. The number of aromatic hydroxyl groups is 1. The fourth-order valence-corrected chi connectivity index (χ4v) is 2.70. The number of hydrazone groups is 1. The molecule has 0 saturated carbocycles. The summed E-state index contributed by atoms with van der Waals surface area (Å²) in [6.07, 6.45) is 0.356. The number of para-hydroxylation sites is 1. The average molecular weight is 385 g/mol. The number of anilines is 1. The van der Waals surface area contributed by atoms with Crippen molar-refractivity contribution in [3.8, 4) is 11.6 Å². The van der Waals surface area contributed by atoms with E-state index in [1.807, 2.05) is 30.3 Å². The van der Waals surface area contributed by atoms with Crippen LogP contribution >= 0.6 is 11.6 Å². The van der Waals surface area contributed by atoms with Crippen LogP contribution in [0.1, 0.15) is 18.9 Å². The Morgan fingerprint density at radius 2 is 1.81 bits per heavy atom. The van der Waals surface area contributed by atoms with Crippen molar-refractivity contribution in [1.82, 2.24) is 9.55 Å². The van der Waals surface area contributed by atoms with Gasteiger partial charge < -0.3 is 5.11 Å². The molecule has 7 nitrogen and oxygen atoms in total. The number of aromatic amines is 1. The number of benzene rings is 2. The Balaban J connectivity index is 2.11. The largest absolute Gasteiger partial charge is 0.493 e. The zero-order chi connectivity index (χ0) is 19.4. The first-order valence-electron chi connectivity index (χ1n) is 8.23. The molecular formula is C19H17ClN4O3. The SMILES string of the molecule is CCC(=NNc1ccccc1)c1c(O)n(-c2ccc(Cl)cc2)c(=O)[nH]c1=O. The van der Waals surface area contributed by atoms with Crippen molar-refractivity contribution >= 4 is 23.0 Å². The van der Waals surface area contributed by atoms with Gasteiger partial charge in [0.05, 0.1) is 17.1 Å². The summed E-state index contributed by atoms with van der Waals surface area (Å²) < 4.78 is 1.00. The lowest BCUT2D eigenvalue weighted by Crippen LogP contribution is -2.33. The lowest BCUT2D eigenvalue weighted by Gasteiger charge is -2.12. The molecule has 8 heteroatoms. The second-order valence-electron chi connectivity index (χ2n) is 5.66. The Labute approximate surface area is 159 Å². The molecule has 3 aromatic rings. The van der Waals surface area contributed by atoms with Gasteiger partial charge in [-0.2, -0.15) is 5.10 Å². The summed E-state index contributed by atoms with van der Waals surface area (Å²) in [7, 11) is 0. The van der Waals surface area contributed by atoms with Crippen LogP contribution in [0.4, 0.5) is 5.69 Å². The summed E-state index contributed by atoms with van der Waals surface area (Å²) in [5.41, 5.74) is 2.71. The summed E-state index contributed by atoms with van der Waals surface area (Å²) in [6.45, 7) is 1.79. The first kappa shape index (κ1) is 18.5. The van der Waals surface area contributed by atoms with Crippen molar-refractivity contribution in [2.75, 3.05) is 5.43 Å². The molecule has 0 aliphatic heterocycles. The quantitative estimate of drug-likeness (QED) is 0.465. The molecule has 138 valence electrons. The molecule has 0 saturated heterocycles. The second-order valence-corrected chi connectivity index (χ2v) is 6.10. The number of hydrogen-bond acceptors (Lipinski definition) is 5. The smallest absolute Gasteiger partial charge is 0.335 e. The van der Waals surface area contributed by atoms with E-state index in [1.165, 1.54) is 0 Å². The van der Waals surface area contributed by atoms with Crippen LogP contribution in [0.15, 0.2) is 69.3 Å². The highest BCUT2D eigenvalue weighted by Gasteiger charge is 2.19. The van der Waals surface area contributed by atoms with Crippen LogP contribution in [0.2, 0.25) is 5.02 Å². The fraction of sp³-hybridized carbons (Fsp3) is 0.105. The lowest BCUT2D eigenvalue weighted by molar-refractivity contribution is 0.429. The van der Waals surface area contributed by atoms with Gasteiger partial charge in [-0.25, -0.2) is 9.36 Å². The van der Waals surface area contributed by atoms with Crippen LogP contribution in [-0.2, 0) is 0 Å². The summed E-state index contributed by atoms with van der Waals surface area (Å²) >= 11 is 5.87. The normalized spacial score (nSPS) is 11.4. The van der Waals surface area contributed by atoms with Crippen molar-refractivity contribution in [2.24, 2.45) is 5.10 Å². The Morgan fingerprint density at radius 1 is 1.15 bits per heavy atom. The monoisotopic (exact) mass is 384 g/mol. The Morgan fingerprint density at radius 3 is 2.44 bits per heavy atom. The van der Waals surface area contributed by atoms with Gasteiger partial charge in [0.1, 0.15) is 5.56 Å². The third-order valence-corrected chi connectivity index (χ3v) is 4.14. The number of nitrogens with zero attached hydrogens (tertiary/aromatic N) is 2. The summed E-state index contributed by atoms with van der Waals surface area (Å²) in [5, 5.41) is 15.4. The van der Waals surface area contributed by atoms with E-state index in [1.54, 1.807) is 31.2 Å². The van der Waals surface area contributed by atoms with Gasteiger partial charge in [-0.15, -0.1) is 0 Å². The minimum absolute atomic E-state index is 0.0736. The molecule has 2 aromatic carbocycles. The van der Waals surface area contributed by atoms with E-state index < -0.39 is 17.1 Å². The number of halogens is 1. The van der Waals surface area contributed by atoms with Crippen LogP contribution < -0.4 is 16.7 Å². The summed E-state index contributed by atoms with van der Waals surface area (Å²) in [6, 6.07) is 15.5. The number of aromatic nitrogens is 2. The molecule has 0 amide bonds. The molecule has 0 unspecified atom stereocenters. The van der Waals surface area contributed by atoms with Gasteiger partial charge in [-0.3, -0.25) is 15.2 Å². The van der Waals surface area contributed by atoms with Crippen molar-refractivity contribution < 1.29 is 5.11 Å². The van der Waals surface area contributed by atoms with Crippen molar-refractivity contribution in [3.63, 3.8) is 0 Å². The Kier molecular flexibility index (Phi) is 5.42. The molecule has 0 spiro atoms. The van der Waals surface area contributed by atoms with Crippen LogP contribution in [0.5, 0.6) is 5.88 Å². The molecule has 0 bridgehead atoms. The van der Waals surface area contributed by atoms with Crippen LogP contribution in [0.3, 0.4) is 0 Å². The van der Waals surface area contributed by atoms with E-state index in [9.17, 15) is 14.7 Å². The zero-order valence-corrected chi connectivity index (χ0v) is 15.2. The maximum absolute atomic E-state index is 12.4. The first-order chi connectivity index (χ1) is 13.0. The van der Waals surface area contributed by atoms with E-state index in [4.69, 9.17) is 11.6 Å². The number of rotatable bonds is 5. The topological polar surface area (TPSA) is 99.5 Å². The second kappa shape index (κ2) is 7.92. The van der Waals surface area contributed by atoms with Crippen LogP contribution in [-0.4, -0.2) is 20.4 Å². The van der Waals surface area contributed by atoms with E-state index in [0.29, 0.717) is 22.8 Å². The van der Waals surface area contributed by atoms with Crippen molar-refractivity contribution in [1.29, 1.82) is 0 Å². The molecule has 0 atom stereocenters. The first-order valence-corrected chi connectivity index (χ1v) is 8.61.